The molecule has 0 aromatic carbocycles. The summed E-state index contributed by atoms with van der Waals surface area (Å²) in [6.45, 7) is 4.74. The van der Waals surface area contributed by atoms with E-state index in [2.05, 4.69) is 19.9 Å². The molecule has 2 aromatic rings. The number of imidazole rings is 1. The van der Waals surface area contributed by atoms with Crippen LogP contribution in [0.15, 0.2) is 12.7 Å². The Bertz CT molecular complexity index is 672. The van der Waals surface area contributed by atoms with Crippen molar-refractivity contribution >= 4 is 23.1 Å². The minimum atomic E-state index is -1.13. The molecule has 0 aliphatic carbocycles. The maximum atomic E-state index is 11.1. The van der Waals surface area contributed by atoms with Crippen LogP contribution in [0.2, 0.25) is 0 Å². The lowest BCUT2D eigenvalue weighted by Gasteiger charge is -2.46. The number of carbonyl (C=O) groups excluding carboxylic acids is 1. The predicted octanol–water partition coefficient (Wildman–Crippen LogP) is -0.394. The van der Waals surface area contributed by atoms with Gasteiger partial charge in [0.05, 0.1) is 6.33 Å². The summed E-state index contributed by atoms with van der Waals surface area (Å²) in [6, 6.07) is -0.0153. The third kappa shape index (κ3) is 2.16. The van der Waals surface area contributed by atoms with Gasteiger partial charge in [-0.3, -0.25) is 0 Å². The number of hydrogen-bond donors (Lipinski definition) is 0. The topological polar surface area (TPSA) is 90.2 Å². The number of anilines is 1. The van der Waals surface area contributed by atoms with Crippen molar-refractivity contribution in [2.24, 2.45) is 7.05 Å². The molecule has 0 bridgehead atoms. The maximum absolute atomic E-state index is 11.1. The lowest BCUT2D eigenvalue weighted by atomic mass is 10.1. The molecule has 2 unspecified atom stereocenters. The fourth-order valence-corrected chi connectivity index (χ4v) is 3.01. The fraction of sp³-hybridized carbons (Fsp3) is 0.538. The SMILES string of the molecule is CC1CN(C(=O)[O-])CC(C)N1c1ncnc2c1ncn2C. The lowest BCUT2D eigenvalue weighted by Crippen LogP contribution is -2.60. The molecule has 1 fully saturated rings. The van der Waals surface area contributed by atoms with Crippen LogP contribution in [0.4, 0.5) is 10.6 Å². The van der Waals surface area contributed by atoms with Gasteiger partial charge in [0.1, 0.15) is 12.4 Å². The van der Waals surface area contributed by atoms with E-state index in [1.54, 1.807) is 6.33 Å². The van der Waals surface area contributed by atoms with Crippen molar-refractivity contribution in [1.29, 1.82) is 0 Å². The van der Waals surface area contributed by atoms with Gasteiger partial charge in [-0.25, -0.2) is 15.0 Å². The number of rotatable bonds is 1. The van der Waals surface area contributed by atoms with Crippen molar-refractivity contribution in [3.05, 3.63) is 12.7 Å². The fourth-order valence-electron chi connectivity index (χ4n) is 3.01. The Kier molecular flexibility index (Phi) is 3.15. The van der Waals surface area contributed by atoms with Gasteiger partial charge in [0, 0.05) is 32.2 Å². The largest absolute Gasteiger partial charge is 0.530 e. The molecule has 0 N–H and O–H groups in total. The molecule has 1 amide bonds. The number of aryl methyl sites for hydroxylation is 1. The smallest absolute Gasteiger partial charge is 0.165 e. The first-order chi connectivity index (χ1) is 9.99. The Labute approximate surface area is 122 Å². The van der Waals surface area contributed by atoms with Crippen LogP contribution in [-0.2, 0) is 7.05 Å². The molecule has 21 heavy (non-hydrogen) atoms. The van der Waals surface area contributed by atoms with Gasteiger partial charge in [-0.15, -0.1) is 0 Å². The van der Waals surface area contributed by atoms with Crippen LogP contribution in [-0.4, -0.2) is 55.7 Å². The van der Waals surface area contributed by atoms with Crippen molar-refractivity contribution in [2.45, 2.75) is 25.9 Å². The molecule has 0 spiro atoms. The molecular weight excluding hydrogens is 272 g/mol. The minimum Gasteiger partial charge on any atom is -0.530 e. The van der Waals surface area contributed by atoms with Gasteiger partial charge in [0.15, 0.2) is 17.0 Å². The van der Waals surface area contributed by atoms with Crippen LogP contribution in [0.25, 0.3) is 11.2 Å². The molecular formula is C13H17N6O2-. The first kappa shape index (κ1) is 13.6. The second kappa shape index (κ2) is 4.87. The number of piperazine rings is 1. The van der Waals surface area contributed by atoms with Crippen LogP contribution >= 0.6 is 0 Å². The molecule has 3 heterocycles. The number of fused-ring (bicyclic) bond motifs is 1. The summed E-state index contributed by atoms with van der Waals surface area (Å²) in [6.07, 6.45) is 2.10. The van der Waals surface area contributed by atoms with E-state index >= 15 is 0 Å². The van der Waals surface area contributed by atoms with Crippen LogP contribution in [0, 0.1) is 0 Å². The maximum Gasteiger partial charge on any atom is 0.165 e. The van der Waals surface area contributed by atoms with Gasteiger partial charge in [-0.1, -0.05) is 0 Å². The average Bonchev–Trinajstić information content (AvgIpc) is 2.80. The monoisotopic (exact) mass is 289 g/mol. The summed E-state index contributed by atoms with van der Waals surface area (Å²) in [5, 5.41) is 11.1. The predicted molar refractivity (Wildman–Crippen MR) is 74.7 cm³/mol. The molecule has 1 aliphatic rings. The van der Waals surface area contributed by atoms with E-state index in [-0.39, 0.29) is 12.1 Å². The highest BCUT2D eigenvalue weighted by molar-refractivity contribution is 5.83. The Hall–Kier alpha value is -2.38. The number of amides is 1. The van der Waals surface area contributed by atoms with Crippen LogP contribution in [0.3, 0.4) is 0 Å². The second-order valence-electron chi connectivity index (χ2n) is 5.50. The summed E-state index contributed by atoms with van der Waals surface area (Å²) >= 11 is 0. The molecule has 1 aliphatic heterocycles. The standard InChI is InChI=1S/C13H18N6O2/c1-8-4-18(13(20)21)5-9(2)19(8)12-10-11(14-6-15-12)17(3)7-16-10/h6-9H,4-5H2,1-3H3,(H,20,21)/p-1. The Balaban J connectivity index is 2.00. The molecule has 0 radical (unpaired) electrons. The molecule has 8 nitrogen and oxygen atoms in total. The van der Waals surface area contributed by atoms with Crippen LogP contribution < -0.4 is 10.0 Å². The van der Waals surface area contributed by atoms with E-state index in [1.165, 1.54) is 11.2 Å². The van der Waals surface area contributed by atoms with E-state index in [4.69, 9.17) is 0 Å². The summed E-state index contributed by atoms with van der Waals surface area (Å²) in [5.74, 6) is 0.749. The van der Waals surface area contributed by atoms with Crippen LogP contribution in [0.1, 0.15) is 13.8 Å². The minimum absolute atomic E-state index is 0.00763. The van der Waals surface area contributed by atoms with Gasteiger partial charge in [-0.05, 0) is 13.8 Å². The zero-order valence-corrected chi connectivity index (χ0v) is 12.2. The second-order valence-corrected chi connectivity index (χ2v) is 5.50. The number of nitrogens with zero attached hydrogens (tertiary/aromatic N) is 6. The van der Waals surface area contributed by atoms with Crippen LogP contribution in [0.5, 0.6) is 0 Å². The van der Waals surface area contributed by atoms with E-state index in [9.17, 15) is 9.90 Å². The Morgan fingerprint density at radius 1 is 1.24 bits per heavy atom. The molecule has 2 aromatic heterocycles. The quantitative estimate of drug-likeness (QED) is 0.710. The highest BCUT2D eigenvalue weighted by Crippen LogP contribution is 2.27. The Morgan fingerprint density at radius 3 is 2.52 bits per heavy atom. The molecule has 2 atom stereocenters. The number of hydrogen-bond acceptors (Lipinski definition) is 6. The number of carboxylic acid groups (broad SMARTS) is 1. The van der Waals surface area contributed by atoms with E-state index in [1.807, 2.05) is 25.5 Å². The van der Waals surface area contributed by atoms with Gasteiger partial charge in [0.2, 0.25) is 0 Å². The highest BCUT2D eigenvalue weighted by atomic mass is 16.4. The third-order valence-corrected chi connectivity index (χ3v) is 3.90. The van der Waals surface area contributed by atoms with Crippen molar-refractivity contribution in [1.82, 2.24) is 24.4 Å². The molecule has 8 heteroatoms. The normalized spacial score (nSPS) is 22.8. The van der Waals surface area contributed by atoms with Gasteiger partial charge in [0.25, 0.3) is 0 Å². The Morgan fingerprint density at radius 2 is 1.90 bits per heavy atom. The zero-order chi connectivity index (χ0) is 15.1. The number of aromatic nitrogens is 4. The summed E-state index contributed by atoms with van der Waals surface area (Å²) in [5.41, 5.74) is 1.50. The van der Waals surface area contributed by atoms with E-state index in [0.717, 1.165) is 17.0 Å². The third-order valence-electron chi connectivity index (χ3n) is 3.90. The van der Waals surface area contributed by atoms with Gasteiger partial charge >= 0.3 is 0 Å². The zero-order valence-electron chi connectivity index (χ0n) is 12.2. The van der Waals surface area contributed by atoms with Crippen molar-refractivity contribution < 1.29 is 9.90 Å². The van der Waals surface area contributed by atoms with Gasteiger partial charge < -0.3 is 24.3 Å². The molecule has 3 rings (SSSR count). The van der Waals surface area contributed by atoms with Gasteiger partial charge in [-0.2, -0.15) is 0 Å². The molecule has 112 valence electrons. The van der Waals surface area contributed by atoms with Crippen molar-refractivity contribution in [2.75, 3.05) is 18.0 Å². The van der Waals surface area contributed by atoms with E-state index < -0.39 is 6.09 Å². The van der Waals surface area contributed by atoms with Crippen molar-refractivity contribution in [3.63, 3.8) is 0 Å². The highest BCUT2D eigenvalue weighted by Gasteiger charge is 2.32. The van der Waals surface area contributed by atoms with Crippen molar-refractivity contribution in [3.8, 4) is 0 Å². The average molecular weight is 289 g/mol. The number of carbonyl (C=O) groups is 1. The lowest BCUT2D eigenvalue weighted by molar-refractivity contribution is -0.266. The summed E-state index contributed by atoms with van der Waals surface area (Å²) in [7, 11) is 1.88. The summed E-state index contributed by atoms with van der Waals surface area (Å²) in [4.78, 5) is 27.5. The van der Waals surface area contributed by atoms with E-state index in [0.29, 0.717) is 13.1 Å². The first-order valence-corrected chi connectivity index (χ1v) is 6.85. The molecule has 0 saturated carbocycles. The first-order valence-electron chi connectivity index (χ1n) is 6.85. The summed E-state index contributed by atoms with van der Waals surface area (Å²) < 4.78 is 1.84. The molecule has 1 saturated heterocycles.